The van der Waals surface area contributed by atoms with E-state index in [-0.39, 0.29) is 5.91 Å². The lowest BCUT2D eigenvalue weighted by atomic mass is 10.1. The van der Waals surface area contributed by atoms with Gasteiger partial charge in [0.1, 0.15) is 13.2 Å². The number of amides is 1. The zero-order valence-electron chi connectivity index (χ0n) is 13.9. The fourth-order valence-corrected chi connectivity index (χ4v) is 2.70. The monoisotopic (exact) mass is 333 g/mol. The minimum atomic E-state index is -0.111. The Labute approximate surface area is 141 Å². The Kier molecular flexibility index (Phi) is 5.66. The summed E-state index contributed by atoms with van der Waals surface area (Å²) in [6.45, 7) is 6.36. The molecule has 0 aliphatic carbocycles. The van der Waals surface area contributed by atoms with E-state index in [4.69, 9.17) is 14.2 Å². The van der Waals surface area contributed by atoms with Crippen molar-refractivity contribution in [3.63, 3.8) is 0 Å². The Morgan fingerprint density at radius 2 is 1.92 bits per heavy atom. The van der Waals surface area contributed by atoms with Crippen LogP contribution in [-0.4, -0.2) is 62.6 Å². The molecule has 1 aromatic carbocycles. The average Bonchev–Trinajstić information content (AvgIpc) is 2.63. The summed E-state index contributed by atoms with van der Waals surface area (Å²) >= 11 is 0. The van der Waals surface area contributed by atoms with Crippen molar-refractivity contribution in [3.8, 4) is 11.5 Å². The molecule has 0 aromatic heterocycles. The van der Waals surface area contributed by atoms with Gasteiger partial charge in [-0.2, -0.15) is 5.10 Å². The van der Waals surface area contributed by atoms with Crippen molar-refractivity contribution >= 4 is 11.6 Å². The van der Waals surface area contributed by atoms with Crippen molar-refractivity contribution < 1.29 is 19.0 Å². The topological polar surface area (TPSA) is 72.4 Å². The first-order valence-electron chi connectivity index (χ1n) is 8.32. The van der Waals surface area contributed by atoms with Crippen molar-refractivity contribution in [3.05, 3.63) is 23.8 Å². The molecule has 2 aliphatic heterocycles. The molecule has 0 spiro atoms. The number of benzene rings is 1. The number of fused-ring (bicyclic) bond motifs is 1. The molecular weight excluding hydrogens is 310 g/mol. The summed E-state index contributed by atoms with van der Waals surface area (Å²) in [5, 5.41) is 4.29. The van der Waals surface area contributed by atoms with Crippen LogP contribution in [0.15, 0.2) is 23.3 Å². The van der Waals surface area contributed by atoms with E-state index in [2.05, 4.69) is 15.4 Å². The fraction of sp³-hybridized carbons (Fsp3) is 0.529. The lowest BCUT2D eigenvalue weighted by Crippen LogP contribution is -2.42. The highest BCUT2D eigenvalue weighted by atomic mass is 16.6. The molecule has 0 saturated carbocycles. The lowest BCUT2D eigenvalue weighted by molar-refractivity contribution is -0.123. The number of morpholine rings is 1. The second-order valence-electron chi connectivity index (χ2n) is 5.69. The van der Waals surface area contributed by atoms with E-state index >= 15 is 0 Å². The lowest BCUT2D eigenvalue weighted by Gasteiger charge is -2.25. The predicted molar refractivity (Wildman–Crippen MR) is 89.7 cm³/mol. The van der Waals surface area contributed by atoms with E-state index in [1.54, 1.807) is 0 Å². The first kappa shape index (κ1) is 16.7. The Morgan fingerprint density at radius 3 is 2.67 bits per heavy atom. The minimum Gasteiger partial charge on any atom is -0.486 e. The molecule has 1 saturated heterocycles. The number of nitrogens with zero attached hydrogens (tertiary/aromatic N) is 2. The molecule has 1 aromatic rings. The molecule has 1 amide bonds. The number of ether oxygens (including phenoxy) is 3. The van der Waals surface area contributed by atoms with E-state index in [0.717, 1.165) is 35.9 Å². The van der Waals surface area contributed by atoms with Crippen LogP contribution in [0.5, 0.6) is 11.5 Å². The smallest absolute Gasteiger partial charge is 0.254 e. The Balaban J connectivity index is 1.62. The van der Waals surface area contributed by atoms with Gasteiger partial charge < -0.3 is 14.2 Å². The number of rotatable bonds is 5. The van der Waals surface area contributed by atoms with Crippen LogP contribution in [0.1, 0.15) is 18.9 Å². The number of nitrogens with one attached hydrogen (secondary N) is 1. The molecule has 1 fully saturated rings. The molecule has 7 nitrogen and oxygen atoms in total. The molecule has 0 unspecified atom stereocenters. The second-order valence-corrected chi connectivity index (χ2v) is 5.69. The Morgan fingerprint density at radius 1 is 1.17 bits per heavy atom. The number of carbonyl (C=O) groups excluding carboxylic acids is 1. The standard InChI is InChI=1S/C17H23N3O4/c1-2-14(13-3-4-15-16(11-13)24-10-9-23-15)18-19-17(21)12-20-5-7-22-8-6-20/h3-4,11H,2,5-10,12H2,1H3,(H,19,21). The third kappa shape index (κ3) is 4.24. The largest absolute Gasteiger partial charge is 0.486 e. The van der Waals surface area contributed by atoms with Crippen LogP contribution in [0.3, 0.4) is 0 Å². The average molecular weight is 333 g/mol. The highest BCUT2D eigenvalue weighted by molar-refractivity contribution is 6.01. The molecule has 0 radical (unpaired) electrons. The van der Waals surface area contributed by atoms with Crippen LogP contribution in [0.25, 0.3) is 0 Å². The van der Waals surface area contributed by atoms with Crippen molar-refractivity contribution in [2.24, 2.45) is 5.10 Å². The molecule has 24 heavy (non-hydrogen) atoms. The van der Waals surface area contributed by atoms with Crippen LogP contribution >= 0.6 is 0 Å². The van der Waals surface area contributed by atoms with E-state index in [1.165, 1.54) is 0 Å². The van der Waals surface area contributed by atoms with Gasteiger partial charge in [0.15, 0.2) is 11.5 Å². The van der Waals surface area contributed by atoms with Gasteiger partial charge in [-0.05, 0) is 24.6 Å². The molecule has 3 rings (SSSR count). The summed E-state index contributed by atoms with van der Waals surface area (Å²) in [4.78, 5) is 14.1. The summed E-state index contributed by atoms with van der Waals surface area (Å²) in [5.74, 6) is 1.36. The highest BCUT2D eigenvalue weighted by Gasteiger charge is 2.15. The van der Waals surface area contributed by atoms with Gasteiger partial charge in [0.2, 0.25) is 0 Å². The Bertz CT molecular complexity index is 612. The normalized spacial score (nSPS) is 18.3. The molecule has 2 aliphatic rings. The molecule has 1 N–H and O–H groups in total. The quantitative estimate of drug-likeness (QED) is 0.643. The zero-order chi connectivity index (χ0) is 16.8. The minimum absolute atomic E-state index is 0.111. The van der Waals surface area contributed by atoms with Crippen molar-refractivity contribution in [2.45, 2.75) is 13.3 Å². The molecule has 0 bridgehead atoms. The highest BCUT2D eigenvalue weighted by Crippen LogP contribution is 2.31. The first-order valence-corrected chi connectivity index (χ1v) is 8.32. The van der Waals surface area contributed by atoms with Gasteiger partial charge in [0, 0.05) is 18.7 Å². The summed E-state index contributed by atoms with van der Waals surface area (Å²) in [7, 11) is 0. The maximum Gasteiger partial charge on any atom is 0.254 e. The number of carbonyl (C=O) groups is 1. The van der Waals surface area contributed by atoms with Crippen molar-refractivity contribution in [2.75, 3.05) is 46.1 Å². The summed E-state index contributed by atoms with van der Waals surface area (Å²) in [5.41, 5.74) is 4.39. The van der Waals surface area contributed by atoms with E-state index < -0.39 is 0 Å². The van der Waals surface area contributed by atoms with Gasteiger partial charge in [-0.3, -0.25) is 9.69 Å². The van der Waals surface area contributed by atoms with Crippen molar-refractivity contribution in [1.29, 1.82) is 0 Å². The van der Waals surface area contributed by atoms with Crippen LogP contribution < -0.4 is 14.9 Å². The van der Waals surface area contributed by atoms with E-state index in [1.807, 2.05) is 25.1 Å². The Hall–Kier alpha value is -2.12. The van der Waals surface area contributed by atoms with Gasteiger partial charge in [-0.1, -0.05) is 6.92 Å². The number of hydrazone groups is 1. The first-order chi connectivity index (χ1) is 11.8. The fourth-order valence-electron chi connectivity index (χ4n) is 2.70. The summed E-state index contributed by atoms with van der Waals surface area (Å²) < 4.78 is 16.4. The molecule has 2 heterocycles. The van der Waals surface area contributed by atoms with Crippen LogP contribution in [0.2, 0.25) is 0 Å². The molecule has 0 atom stereocenters. The third-order valence-electron chi connectivity index (χ3n) is 4.00. The zero-order valence-corrected chi connectivity index (χ0v) is 13.9. The van der Waals surface area contributed by atoms with Crippen molar-refractivity contribution in [1.82, 2.24) is 10.3 Å². The maximum absolute atomic E-state index is 12.1. The third-order valence-corrected chi connectivity index (χ3v) is 4.00. The van der Waals surface area contributed by atoms with Gasteiger partial charge in [-0.15, -0.1) is 0 Å². The molecular formula is C17H23N3O4. The van der Waals surface area contributed by atoms with Gasteiger partial charge >= 0.3 is 0 Å². The predicted octanol–water partition coefficient (Wildman–Crippen LogP) is 1.02. The maximum atomic E-state index is 12.1. The van der Waals surface area contributed by atoms with E-state index in [0.29, 0.717) is 39.4 Å². The van der Waals surface area contributed by atoms with Gasteiger partial charge in [-0.25, -0.2) is 5.43 Å². The molecule has 7 heteroatoms. The summed E-state index contributed by atoms with van der Waals surface area (Å²) in [6.07, 6.45) is 0.706. The van der Waals surface area contributed by atoms with Crippen LogP contribution in [-0.2, 0) is 9.53 Å². The van der Waals surface area contributed by atoms with Crippen LogP contribution in [0, 0.1) is 0 Å². The van der Waals surface area contributed by atoms with Gasteiger partial charge in [0.25, 0.3) is 5.91 Å². The summed E-state index contributed by atoms with van der Waals surface area (Å²) in [6, 6.07) is 5.72. The molecule has 130 valence electrons. The SMILES string of the molecule is CCC(=NNC(=O)CN1CCOCC1)c1ccc2c(c1)OCCO2. The number of hydrogen-bond acceptors (Lipinski definition) is 6. The van der Waals surface area contributed by atoms with Crippen LogP contribution in [0.4, 0.5) is 0 Å². The van der Waals surface area contributed by atoms with Gasteiger partial charge in [0.05, 0.1) is 25.5 Å². The second kappa shape index (κ2) is 8.12. The van der Waals surface area contributed by atoms with E-state index in [9.17, 15) is 4.79 Å². The number of hydrogen-bond donors (Lipinski definition) is 1.